The number of hydrogen-bond donors (Lipinski definition) is 2. The van der Waals surface area contributed by atoms with Crippen molar-refractivity contribution in [1.29, 1.82) is 0 Å². The number of nitrogens with one attached hydrogen (secondary N) is 2. The van der Waals surface area contributed by atoms with Crippen molar-refractivity contribution in [3.63, 3.8) is 0 Å². The zero-order chi connectivity index (χ0) is 16.9. The maximum absolute atomic E-state index is 12.9. The Hall–Kier alpha value is -2.02. The van der Waals surface area contributed by atoms with Crippen LogP contribution in [0.2, 0.25) is 0 Å². The number of rotatable bonds is 5. The number of amides is 1. The van der Waals surface area contributed by atoms with Gasteiger partial charge in [0.05, 0.1) is 11.1 Å². The maximum atomic E-state index is 12.9. The monoisotopic (exact) mass is 328 g/mol. The highest BCUT2D eigenvalue weighted by molar-refractivity contribution is 5.97. The van der Waals surface area contributed by atoms with Gasteiger partial charge in [-0.1, -0.05) is 12.7 Å². The minimum absolute atomic E-state index is 0.0990. The summed E-state index contributed by atoms with van der Waals surface area (Å²) in [6.45, 7) is 5.08. The average molecular weight is 328 g/mol. The first-order valence-corrected chi connectivity index (χ1v) is 7.38. The largest absolute Gasteiger partial charge is 0.489 e. The Morgan fingerprint density at radius 1 is 1.48 bits per heavy atom. The smallest absolute Gasteiger partial charge is 0.416 e. The lowest BCUT2D eigenvalue weighted by atomic mass is 10.1. The Kier molecular flexibility index (Phi) is 5.65. The van der Waals surface area contributed by atoms with Crippen molar-refractivity contribution in [2.75, 3.05) is 19.7 Å². The summed E-state index contributed by atoms with van der Waals surface area (Å²) >= 11 is 0. The summed E-state index contributed by atoms with van der Waals surface area (Å²) in [5, 5.41) is 5.89. The van der Waals surface area contributed by atoms with E-state index in [1.165, 1.54) is 12.1 Å². The van der Waals surface area contributed by atoms with Crippen molar-refractivity contribution in [1.82, 2.24) is 10.6 Å². The molecule has 23 heavy (non-hydrogen) atoms. The fourth-order valence-electron chi connectivity index (χ4n) is 2.40. The van der Waals surface area contributed by atoms with Crippen LogP contribution >= 0.6 is 0 Å². The van der Waals surface area contributed by atoms with E-state index in [-0.39, 0.29) is 24.0 Å². The van der Waals surface area contributed by atoms with Crippen molar-refractivity contribution in [3.05, 3.63) is 42.0 Å². The first-order chi connectivity index (χ1) is 10.9. The molecule has 0 unspecified atom stereocenters. The second-order valence-electron chi connectivity index (χ2n) is 5.33. The van der Waals surface area contributed by atoms with Gasteiger partial charge in [-0.2, -0.15) is 13.2 Å². The molecule has 1 aliphatic rings. The third kappa shape index (κ3) is 4.72. The molecule has 1 aliphatic heterocycles. The van der Waals surface area contributed by atoms with E-state index in [4.69, 9.17) is 4.74 Å². The molecule has 2 rings (SSSR count). The molecule has 0 aromatic heterocycles. The molecule has 2 N–H and O–H groups in total. The molecule has 126 valence electrons. The van der Waals surface area contributed by atoms with Gasteiger partial charge in [0.15, 0.2) is 0 Å². The van der Waals surface area contributed by atoms with Crippen LogP contribution in [0.4, 0.5) is 13.2 Å². The molecule has 1 aromatic carbocycles. The SMILES string of the molecule is C=CCOc1ccc(C(F)(F)F)cc1C(=O)N[C@H]1CCCNC1. The highest BCUT2D eigenvalue weighted by Gasteiger charge is 2.32. The zero-order valence-electron chi connectivity index (χ0n) is 12.6. The molecule has 1 heterocycles. The summed E-state index contributed by atoms with van der Waals surface area (Å²) in [7, 11) is 0. The molecule has 1 atom stereocenters. The molecule has 1 fully saturated rings. The molecule has 0 spiro atoms. The predicted octanol–water partition coefficient (Wildman–Crippen LogP) is 2.75. The van der Waals surface area contributed by atoms with Crippen molar-refractivity contribution in [2.24, 2.45) is 0 Å². The molecule has 1 aromatic rings. The van der Waals surface area contributed by atoms with Gasteiger partial charge in [0, 0.05) is 12.6 Å². The van der Waals surface area contributed by atoms with Crippen LogP contribution in [0, 0.1) is 0 Å². The van der Waals surface area contributed by atoms with Crippen LogP contribution in [-0.2, 0) is 6.18 Å². The van der Waals surface area contributed by atoms with Gasteiger partial charge in [-0.15, -0.1) is 0 Å². The van der Waals surface area contributed by atoms with Crippen molar-refractivity contribution in [3.8, 4) is 5.75 Å². The third-order valence-electron chi connectivity index (χ3n) is 3.54. The van der Waals surface area contributed by atoms with Gasteiger partial charge in [-0.3, -0.25) is 4.79 Å². The van der Waals surface area contributed by atoms with E-state index in [0.717, 1.165) is 31.5 Å². The Balaban J connectivity index is 2.23. The van der Waals surface area contributed by atoms with Crippen molar-refractivity contribution >= 4 is 5.91 Å². The highest BCUT2D eigenvalue weighted by atomic mass is 19.4. The summed E-state index contributed by atoms with van der Waals surface area (Å²) in [4.78, 5) is 12.4. The second-order valence-corrected chi connectivity index (χ2v) is 5.33. The van der Waals surface area contributed by atoms with Crippen LogP contribution in [0.1, 0.15) is 28.8 Å². The van der Waals surface area contributed by atoms with Gasteiger partial charge in [-0.05, 0) is 37.6 Å². The first kappa shape index (κ1) is 17.3. The van der Waals surface area contributed by atoms with Crippen molar-refractivity contribution in [2.45, 2.75) is 25.1 Å². The fraction of sp³-hybridized carbons (Fsp3) is 0.438. The summed E-state index contributed by atoms with van der Waals surface area (Å²) in [6, 6.07) is 2.79. The summed E-state index contributed by atoms with van der Waals surface area (Å²) < 4.78 is 43.9. The molecule has 1 amide bonds. The number of benzene rings is 1. The van der Waals surface area contributed by atoms with Gasteiger partial charge in [0.25, 0.3) is 5.91 Å². The lowest BCUT2D eigenvalue weighted by Crippen LogP contribution is -2.45. The molecule has 7 heteroatoms. The van der Waals surface area contributed by atoms with Crippen LogP contribution in [0.15, 0.2) is 30.9 Å². The van der Waals surface area contributed by atoms with E-state index >= 15 is 0 Å². The number of alkyl halides is 3. The molecule has 0 bridgehead atoms. The van der Waals surface area contributed by atoms with Gasteiger partial charge >= 0.3 is 6.18 Å². The molecular formula is C16H19F3N2O2. The van der Waals surface area contributed by atoms with Crippen LogP contribution in [-0.4, -0.2) is 31.6 Å². The number of piperidine rings is 1. The van der Waals surface area contributed by atoms with E-state index in [1.54, 1.807) is 0 Å². The van der Waals surface area contributed by atoms with Crippen molar-refractivity contribution < 1.29 is 22.7 Å². The van der Waals surface area contributed by atoms with E-state index in [1.807, 2.05) is 0 Å². The van der Waals surface area contributed by atoms with Crippen LogP contribution in [0.5, 0.6) is 5.75 Å². The van der Waals surface area contributed by atoms with E-state index in [2.05, 4.69) is 17.2 Å². The summed E-state index contributed by atoms with van der Waals surface area (Å²) in [6.07, 6.45) is -1.35. The normalized spacial score (nSPS) is 18.3. The minimum Gasteiger partial charge on any atom is -0.489 e. The fourth-order valence-corrected chi connectivity index (χ4v) is 2.40. The Labute approximate surface area is 132 Å². The molecular weight excluding hydrogens is 309 g/mol. The molecule has 4 nitrogen and oxygen atoms in total. The summed E-state index contributed by atoms with van der Waals surface area (Å²) in [5.74, 6) is -0.456. The Morgan fingerprint density at radius 2 is 2.26 bits per heavy atom. The van der Waals surface area contributed by atoms with Crippen LogP contribution in [0.25, 0.3) is 0 Å². The first-order valence-electron chi connectivity index (χ1n) is 7.38. The maximum Gasteiger partial charge on any atom is 0.416 e. The number of halogens is 3. The number of carbonyl (C=O) groups is 1. The van der Waals surface area contributed by atoms with E-state index in [0.29, 0.717) is 6.54 Å². The molecule has 1 saturated heterocycles. The highest BCUT2D eigenvalue weighted by Crippen LogP contribution is 2.32. The zero-order valence-corrected chi connectivity index (χ0v) is 12.6. The summed E-state index contributed by atoms with van der Waals surface area (Å²) in [5.41, 5.74) is -0.998. The standard InChI is InChI=1S/C16H19F3N2O2/c1-2-8-23-14-6-5-11(16(17,18)19)9-13(14)15(22)21-12-4-3-7-20-10-12/h2,5-6,9,12,20H,1,3-4,7-8,10H2,(H,21,22)/t12-/m0/s1. The topological polar surface area (TPSA) is 50.4 Å². The second kappa shape index (κ2) is 7.50. The van der Waals surface area contributed by atoms with Crippen LogP contribution in [0.3, 0.4) is 0 Å². The molecule has 0 saturated carbocycles. The minimum atomic E-state index is -4.52. The van der Waals surface area contributed by atoms with E-state index < -0.39 is 17.6 Å². The molecule has 0 aliphatic carbocycles. The van der Waals surface area contributed by atoms with E-state index in [9.17, 15) is 18.0 Å². The Bertz CT molecular complexity index is 567. The number of carbonyl (C=O) groups excluding carboxylic acids is 1. The van der Waals surface area contributed by atoms with Gasteiger partial charge in [0.1, 0.15) is 12.4 Å². The van der Waals surface area contributed by atoms with Gasteiger partial charge < -0.3 is 15.4 Å². The third-order valence-corrected chi connectivity index (χ3v) is 3.54. The van der Waals surface area contributed by atoms with Gasteiger partial charge in [-0.25, -0.2) is 0 Å². The number of ether oxygens (including phenoxy) is 1. The van der Waals surface area contributed by atoms with Gasteiger partial charge in [0.2, 0.25) is 0 Å². The quantitative estimate of drug-likeness (QED) is 0.817. The number of hydrogen-bond acceptors (Lipinski definition) is 3. The van der Waals surface area contributed by atoms with Crippen LogP contribution < -0.4 is 15.4 Å². The predicted molar refractivity (Wildman–Crippen MR) is 80.5 cm³/mol. The lowest BCUT2D eigenvalue weighted by Gasteiger charge is -2.24. The average Bonchev–Trinajstić information content (AvgIpc) is 2.52. The lowest BCUT2D eigenvalue weighted by molar-refractivity contribution is -0.137. The molecule has 0 radical (unpaired) electrons. The Morgan fingerprint density at radius 3 is 2.87 bits per heavy atom.